The molecule has 1 amide bonds. The predicted molar refractivity (Wildman–Crippen MR) is 48.4 cm³/mol. The van der Waals surface area contributed by atoms with Gasteiger partial charge in [-0.15, -0.1) is 0 Å². The number of oxazole rings is 1. The highest BCUT2D eigenvalue weighted by molar-refractivity contribution is 5.77. The number of hydrogen-bond donors (Lipinski definition) is 1. The highest BCUT2D eigenvalue weighted by Gasteiger charge is 2.09. The number of rotatable bonds is 3. The van der Waals surface area contributed by atoms with E-state index in [1.807, 2.05) is 13.8 Å². The average Bonchev–Trinajstić information content (AvgIpc) is 2.52. The maximum absolute atomic E-state index is 11.0. The van der Waals surface area contributed by atoms with Crippen molar-refractivity contribution in [1.82, 2.24) is 10.3 Å². The topological polar surface area (TPSA) is 55.1 Å². The molecule has 1 aromatic heterocycles. The lowest BCUT2D eigenvalue weighted by Gasteiger charge is -1.95. The Morgan fingerprint density at radius 2 is 2.38 bits per heavy atom. The van der Waals surface area contributed by atoms with E-state index in [4.69, 9.17) is 4.42 Å². The molecule has 0 spiro atoms. The second kappa shape index (κ2) is 4.07. The Hall–Kier alpha value is -1.32. The summed E-state index contributed by atoms with van der Waals surface area (Å²) in [5.74, 6) is 0.890. The van der Waals surface area contributed by atoms with Crippen molar-refractivity contribution < 1.29 is 9.21 Å². The number of carbonyl (C=O) groups is 1. The molecule has 0 atom stereocenters. The van der Waals surface area contributed by atoms with Crippen molar-refractivity contribution in [3.63, 3.8) is 0 Å². The van der Waals surface area contributed by atoms with E-state index in [0.29, 0.717) is 11.6 Å². The Morgan fingerprint density at radius 1 is 1.69 bits per heavy atom. The van der Waals surface area contributed by atoms with Crippen LogP contribution >= 0.6 is 0 Å². The molecular weight excluding hydrogens is 168 g/mol. The van der Waals surface area contributed by atoms with Gasteiger partial charge in [-0.3, -0.25) is 4.79 Å². The van der Waals surface area contributed by atoms with Crippen LogP contribution in [0.3, 0.4) is 0 Å². The van der Waals surface area contributed by atoms with Crippen molar-refractivity contribution in [2.75, 3.05) is 7.05 Å². The van der Waals surface area contributed by atoms with Gasteiger partial charge < -0.3 is 9.73 Å². The third kappa shape index (κ3) is 2.57. The molecule has 0 aliphatic rings. The molecule has 0 aromatic carbocycles. The van der Waals surface area contributed by atoms with Crippen molar-refractivity contribution in [3.8, 4) is 0 Å². The van der Waals surface area contributed by atoms with Crippen LogP contribution < -0.4 is 5.32 Å². The second-order valence-corrected chi connectivity index (χ2v) is 3.18. The lowest BCUT2D eigenvalue weighted by Crippen LogP contribution is -2.20. The van der Waals surface area contributed by atoms with Crippen LogP contribution in [0.1, 0.15) is 31.4 Å². The van der Waals surface area contributed by atoms with Crippen LogP contribution in [0.4, 0.5) is 0 Å². The smallest absolute Gasteiger partial charge is 0.225 e. The van der Waals surface area contributed by atoms with E-state index < -0.39 is 0 Å². The van der Waals surface area contributed by atoms with Crippen LogP contribution in [0.5, 0.6) is 0 Å². The standard InChI is InChI=1S/C9H14N2O2/c1-6(2)9-11-7(5-13-9)4-8(12)10-3/h5-6H,4H2,1-3H3,(H,10,12). The molecule has 4 heteroatoms. The average molecular weight is 182 g/mol. The zero-order valence-electron chi connectivity index (χ0n) is 8.13. The van der Waals surface area contributed by atoms with Gasteiger partial charge in [-0.1, -0.05) is 13.8 Å². The van der Waals surface area contributed by atoms with E-state index in [0.717, 1.165) is 0 Å². The molecule has 4 nitrogen and oxygen atoms in total. The Labute approximate surface area is 77.3 Å². The van der Waals surface area contributed by atoms with Gasteiger partial charge >= 0.3 is 0 Å². The quantitative estimate of drug-likeness (QED) is 0.761. The molecule has 0 saturated heterocycles. The first-order chi connectivity index (χ1) is 6.13. The summed E-state index contributed by atoms with van der Waals surface area (Å²) in [5.41, 5.74) is 0.683. The van der Waals surface area contributed by atoms with Crippen LogP contribution in [0.25, 0.3) is 0 Å². The Balaban J connectivity index is 2.64. The Morgan fingerprint density at radius 3 is 2.85 bits per heavy atom. The minimum atomic E-state index is -0.0522. The van der Waals surface area contributed by atoms with Crippen LogP contribution in [0.15, 0.2) is 10.7 Å². The van der Waals surface area contributed by atoms with E-state index >= 15 is 0 Å². The van der Waals surface area contributed by atoms with Crippen molar-refractivity contribution >= 4 is 5.91 Å². The number of amides is 1. The molecule has 0 bridgehead atoms. The summed E-state index contributed by atoms with van der Waals surface area (Å²) in [6, 6.07) is 0. The molecule has 0 unspecified atom stereocenters. The second-order valence-electron chi connectivity index (χ2n) is 3.18. The molecular formula is C9H14N2O2. The van der Waals surface area contributed by atoms with Gasteiger partial charge in [0.1, 0.15) is 6.26 Å². The molecule has 0 radical (unpaired) electrons. The first-order valence-electron chi connectivity index (χ1n) is 4.28. The van der Waals surface area contributed by atoms with Gasteiger partial charge in [-0.25, -0.2) is 4.98 Å². The first kappa shape index (κ1) is 9.77. The van der Waals surface area contributed by atoms with E-state index in [2.05, 4.69) is 10.3 Å². The minimum Gasteiger partial charge on any atom is -0.448 e. The van der Waals surface area contributed by atoms with Gasteiger partial charge in [-0.2, -0.15) is 0 Å². The fourth-order valence-electron chi connectivity index (χ4n) is 0.922. The highest BCUT2D eigenvalue weighted by atomic mass is 16.3. The van der Waals surface area contributed by atoms with Crippen molar-refractivity contribution in [2.24, 2.45) is 0 Å². The summed E-state index contributed by atoms with van der Waals surface area (Å²) in [7, 11) is 1.60. The van der Waals surface area contributed by atoms with Gasteiger partial charge in [0.15, 0.2) is 5.89 Å². The maximum Gasteiger partial charge on any atom is 0.225 e. The lowest BCUT2D eigenvalue weighted by molar-refractivity contribution is -0.120. The molecule has 0 saturated carbocycles. The Bertz CT molecular complexity index is 292. The summed E-state index contributed by atoms with van der Waals surface area (Å²) in [4.78, 5) is 15.1. The third-order valence-electron chi connectivity index (χ3n) is 1.68. The van der Waals surface area contributed by atoms with E-state index in [-0.39, 0.29) is 18.2 Å². The summed E-state index contributed by atoms with van der Waals surface area (Å²) in [6.45, 7) is 3.99. The van der Waals surface area contributed by atoms with Crippen molar-refractivity contribution in [2.45, 2.75) is 26.2 Å². The maximum atomic E-state index is 11.0. The lowest BCUT2D eigenvalue weighted by atomic mass is 10.2. The number of likely N-dealkylation sites (N-methyl/N-ethyl adjacent to an activating group) is 1. The van der Waals surface area contributed by atoms with Gasteiger partial charge in [0.2, 0.25) is 5.91 Å². The van der Waals surface area contributed by atoms with Crippen LogP contribution in [0.2, 0.25) is 0 Å². The van der Waals surface area contributed by atoms with E-state index in [9.17, 15) is 4.79 Å². The SMILES string of the molecule is CNC(=O)Cc1coc(C(C)C)n1. The highest BCUT2D eigenvalue weighted by Crippen LogP contribution is 2.13. The minimum absolute atomic E-state index is 0.0522. The number of nitrogens with zero attached hydrogens (tertiary/aromatic N) is 1. The Kier molecular flexibility index (Phi) is 3.06. The number of carbonyl (C=O) groups excluding carboxylic acids is 1. The number of aromatic nitrogens is 1. The molecule has 1 aromatic rings. The van der Waals surface area contributed by atoms with E-state index in [1.54, 1.807) is 7.05 Å². The molecule has 13 heavy (non-hydrogen) atoms. The number of nitrogens with one attached hydrogen (secondary N) is 1. The fraction of sp³-hybridized carbons (Fsp3) is 0.556. The first-order valence-corrected chi connectivity index (χ1v) is 4.28. The molecule has 1 heterocycles. The fourth-order valence-corrected chi connectivity index (χ4v) is 0.922. The molecule has 1 N–H and O–H groups in total. The van der Waals surface area contributed by atoms with Gasteiger partial charge in [0.05, 0.1) is 12.1 Å². The molecule has 0 fully saturated rings. The van der Waals surface area contributed by atoms with Crippen LogP contribution in [-0.2, 0) is 11.2 Å². The molecule has 72 valence electrons. The van der Waals surface area contributed by atoms with Gasteiger partial charge in [0.25, 0.3) is 0 Å². The van der Waals surface area contributed by atoms with E-state index in [1.165, 1.54) is 6.26 Å². The number of hydrogen-bond acceptors (Lipinski definition) is 3. The third-order valence-corrected chi connectivity index (χ3v) is 1.68. The largest absolute Gasteiger partial charge is 0.448 e. The summed E-state index contributed by atoms with van der Waals surface area (Å²) < 4.78 is 5.18. The zero-order chi connectivity index (χ0) is 9.84. The van der Waals surface area contributed by atoms with Crippen LogP contribution in [-0.4, -0.2) is 17.9 Å². The van der Waals surface area contributed by atoms with Crippen LogP contribution in [0, 0.1) is 0 Å². The summed E-state index contributed by atoms with van der Waals surface area (Å²) >= 11 is 0. The normalized spacial score (nSPS) is 10.5. The van der Waals surface area contributed by atoms with Crippen molar-refractivity contribution in [1.29, 1.82) is 0 Å². The monoisotopic (exact) mass is 182 g/mol. The molecule has 0 aliphatic heterocycles. The van der Waals surface area contributed by atoms with Gasteiger partial charge in [-0.05, 0) is 0 Å². The molecule has 1 rings (SSSR count). The summed E-state index contributed by atoms with van der Waals surface area (Å²) in [6.07, 6.45) is 1.82. The van der Waals surface area contributed by atoms with Crippen molar-refractivity contribution in [3.05, 3.63) is 17.8 Å². The predicted octanol–water partition coefficient (Wildman–Crippen LogP) is 1.09. The summed E-state index contributed by atoms with van der Waals surface area (Å²) in [5, 5.41) is 2.53. The zero-order valence-corrected chi connectivity index (χ0v) is 8.13. The molecule has 0 aliphatic carbocycles. The van der Waals surface area contributed by atoms with Gasteiger partial charge in [0, 0.05) is 13.0 Å².